The average molecular weight is 280 g/mol. The third-order valence-electron chi connectivity index (χ3n) is 3.26. The van der Waals surface area contributed by atoms with Crippen molar-refractivity contribution in [3.8, 4) is 0 Å². The molecule has 0 spiro atoms. The molecule has 3 aromatic rings. The quantitative estimate of drug-likeness (QED) is 0.771. The fraction of sp³-hybridized carbons (Fsp3) is 0.125. The van der Waals surface area contributed by atoms with Crippen molar-refractivity contribution < 1.29 is 4.79 Å². The molecule has 0 atom stereocenters. The van der Waals surface area contributed by atoms with E-state index in [4.69, 9.17) is 0 Å². The van der Waals surface area contributed by atoms with Gasteiger partial charge in [0.05, 0.1) is 17.3 Å². The second-order valence-corrected chi connectivity index (χ2v) is 4.77. The third-order valence-corrected chi connectivity index (χ3v) is 3.26. The van der Waals surface area contributed by atoms with E-state index in [0.29, 0.717) is 5.56 Å². The molecule has 0 bridgehead atoms. The summed E-state index contributed by atoms with van der Waals surface area (Å²) in [6.45, 7) is 0.808. The van der Waals surface area contributed by atoms with Gasteiger partial charge in [0, 0.05) is 18.4 Å². The van der Waals surface area contributed by atoms with Crippen LogP contribution < -0.4 is 10.6 Å². The number of aromatic nitrogens is 2. The molecular formula is C16H16N4O. The van der Waals surface area contributed by atoms with E-state index in [1.807, 2.05) is 55.7 Å². The van der Waals surface area contributed by atoms with Crippen LogP contribution in [0.2, 0.25) is 0 Å². The van der Waals surface area contributed by atoms with Gasteiger partial charge >= 0.3 is 0 Å². The van der Waals surface area contributed by atoms with E-state index in [2.05, 4.69) is 15.7 Å². The molecule has 0 aliphatic heterocycles. The third kappa shape index (κ3) is 2.78. The Kier molecular flexibility index (Phi) is 3.66. The van der Waals surface area contributed by atoms with Crippen molar-refractivity contribution in [3.63, 3.8) is 0 Å². The molecule has 5 nitrogen and oxygen atoms in total. The SMILES string of the molecule is CNCc1ccc(NC(=O)c2cnn3ccccc23)cc1. The first-order chi connectivity index (χ1) is 10.3. The van der Waals surface area contributed by atoms with E-state index in [9.17, 15) is 4.79 Å². The lowest BCUT2D eigenvalue weighted by Crippen LogP contribution is -2.12. The molecule has 0 saturated heterocycles. The first-order valence-electron chi connectivity index (χ1n) is 6.75. The second-order valence-electron chi connectivity index (χ2n) is 4.77. The normalized spacial score (nSPS) is 10.7. The highest BCUT2D eigenvalue weighted by molar-refractivity contribution is 6.08. The molecule has 2 aromatic heterocycles. The first kappa shape index (κ1) is 13.3. The van der Waals surface area contributed by atoms with Crippen LogP contribution in [-0.4, -0.2) is 22.6 Å². The zero-order chi connectivity index (χ0) is 14.7. The Balaban J connectivity index is 1.79. The molecule has 0 aliphatic carbocycles. The molecule has 0 aliphatic rings. The number of pyridine rings is 1. The Hall–Kier alpha value is -2.66. The highest BCUT2D eigenvalue weighted by atomic mass is 16.1. The van der Waals surface area contributed by atoms with Crippen molar-refractivity contribution in [1.29, 1.82) is 0 Å². The van der Waals surface area contributed by atoms with Gasteiger partial charge < -0.3 is 10.6 Å². The smallest absolute Gasteiger partial charge is 0.259 e. The van der Waals surface area contributed by atoms with Crippen LogP contribution in [0.5, 0.6) is 0 Å². The summed E-state index contributed by atoms with van der Waals surface area (Å²) >= 11 is 0. The lowest BCUT2D eigenvalue weighted by molar-refractivity contribution is 0.102. The van der Waals surface area contributed by atoms with Crippen LogP contribution in [0, 0.1) is 0 Å². The number of rotatable bonds is 4. The number of benzene rings is 1. The summed E-state index contributed by atoms with van der Waals surface area (Å²) in [6, 6.07) is 13.4. The summed E-state index contributed by atoms with van der Waals surface area (Å²) in [7, 11) is 1.90. The largest absolute Gasteiger partial charge is 0.322 e. The van der Waals surface area contributed by atoms with Crippen LogP contribution >= 0.6 is 0 Å². The van der Waals surface area contributed by atoms with Crippen LogP contribution in [0.3, 0.4) is 0 Å². The maximum Gasteiger partial charge on any atom is 0.259 e. The van der Waals surface area contributed by atoms with Gasteiger partial charge in [-0.05, 0) is 36.9 Å². The molecule has 1 aromatic carbocycles. The summed E-state index contributed by atoms with van der Waals surface area (Å²) in [6.07, 6.45) is 3.40. The molecule has 3 rings (SSSR count). The van der Waals surface area contributed by atoms with Crippen molar-refractivity contribution in [2.24, 2.45) is 0 Å². The summed E-state index contributed by atoms with van der Waals surface area (Å²) in [5.41, 5.74) is 3.30. The number of hydrogen-bond donors (Lipinski definition) is 2. The fourth-order valence-electron chi connectivity index (χ4n) is 2.22. The predicted octanol–water partition coefficient (Wildman–Crippen LogP) is 2.31. The Labute approximate surface area is 122 Å². The summed E-state index contributed by atoms with van der Waals surface area (Å²) in [4.78, 5) is 12.3. The van der Waals surface area contributed by atoms with Crippen molar-refractivity contribution in [2.45, 2.75) is 6.54 Å². The summed E-state index contributed by atoms with van der Waals surface area (Å²) in [5, 5.41) is 10.1. The van der Waals surface area contributed by atoms with Gasteiger partial charge in [-0.1, -0.05) is 18.2 Å². The lowest BCUT2D eigenvalue weighted by Gasteiger charge is -2.06. The Morgan fingerprint density at radius 3 is 2.76 bits per heavy atom. The molecule has 0 radical (unpaired) electrons. The van der Waals surface area contributed by atoms with Gasteiger partial charge in [0.15, 0.2) is 0 Å². The van der Waals surface area contributed by atoms with Crippen molar-refractivity contribution in [1.82, 2.24) is 14.9 Å². The average Bonchev–Trinajstić information content (AvgIpc) is 2.93. The van der Waals surface area contributed by atoms with Crippen molar-refractivity contribution >= 4 is 17.1 Å². The van der Waals surface area contributed by atoms with Gasteiger partial charge in [-0.2, -0.15) is 5.10 Å². The summed E-state index contributed by atoms with van der Waals surface area (Å²) < 4.78 is 1.69. The van der Waals surface area contributed by atoms with E-state index >= 15 is 0 Å². The molecule has 0 fully saturated rings. The van der Waals surface area contributed by atoms with Crippen LogP contribution in [0.4, 0.5) is 5.69 Å². The number of amides is 1. The van der Waals surface area contributed by atoms with Crippen molar-refractivity contribution in [2.75, 3.05) is 12.4 Å². The Morgan fingerprint density at radius 2 is 2.00 bits per heavy atom. The topological polar surface area (TPSA) is 58.4 Å². The van der Waals surface area contributed by atoms with Crippen LogP contribution in [0.1, 0.15) is 15.9 Å². The zero-order valence-electron chi connectivity index (χ0n) is 11.7. The van der Waals surface area contributed by atoms with Gasteiger partial charge in [0.1, 0.15) is 0 Å². The van der Waals surface area contributed by atoms with E-state index in [0.717, 1.165) is 17.7 Å². The van der Waals surface area contributed by atoms with Gasteiger partial charge in [0.25, 0.3) is 5.91 Å². The number of fused-ring (bicyclic) bond motifs is 1. The maximum atomic E-state index is 12.3. The van der Waals surface area contributed by atoms with Crippen LogP contribution in [0.15, 0.2) is 54.9 Å². The Bertz CT molecular complexity index is 761. The number of hydrogen-bond acceptors (Lipinski definition) is 3. The highest BCUT2D eigenvalue weighted by Gasteiger charge is 2.12. The minimum absolute atomic E-state index is 0.155. The number of carbonyl (C=O) groups excluding carboxylic acids is 1. The Morgan fingerprint density at radius 1 is 1.19 bits per heavy atom. The molecule has 21 heavy (non-hydrogen) atoms. The second kappa shape index (κ2) is 5.76. The maximum absolute atomic E-state index is 12.3. The first-order valence-corrected chi connectivity index (χ1v) is 6.75. The van der Waals surface area contributed by atoms with E-state index in [-0.39, 0.29) is 5.91 Å². The molecule has 2 N–H and O–H groups in total. The van der Waals surface area contributed by atoms with Crippen LogP contribution in [-0.2, 0) is 6.54 Å². The van der Waals surface area contributed by atoms with Crippen LogP contribution in [0.25, 0.3) is 5.52 Å². The summed E-state index contributed by atoms with van der Waals surface area (Å²) in [5.74, 6) is -0.155. The molecule has 0 unspecified atom stereocenters. The predicted molar refractivity (Wildman–Crippen MR) is 82.4 cm³/mol. The van der Waals surface area contributed by atoms with Gasteiger partial charge in [-0.3, -0.25) is 4.79 Å². The number of nitrogens with zero attached hydrogens (tertiary/aromatic N) is 2. The number of anilines is 1. The molecule has 1 amide bonds. The lowest BCUT2D eigenvalue weighted by atomic mass is 10.2. The van der Waals surface area contributed by atoms with E-state index in [1.54, 1.807) is 10.7 Å². The van der Waals surface area contributed by atoms with Crippen molar-refractivity contribution in [3.05, 3.63) is 66.0 Å². The number of nitrogens with one attached hydrogen (secondary N) is 2. The van der Waals surface area contributed by atoms with E-state index in [1.165, 1.54) is 5.56 Å². The zero-order valence-corrected chi connectivity index (χ0v) is 11.7. The number of carbonyl (C=O) groups is 1. The van der Waals surface area contributed by atoms with Gasteiger partial charge in [-0.25, -0.2) is 4.52 Å². The van der Waals surface area contributed by atoms with Gasteiger partial charge in [0.2, 0.25) is 0 Å². The molecule has 106 valence electrons. The van der Waals surface area contributed by atoms with E-state index < -0.39 is 0 Å². The molecule has 2 heterocycles. The molecule has 5 heteroatoms. The molecular weight excluding hydrogens is 264 g/mol. The minimum Gasteiger partial charge on any atom is -0.322 e. The monoisotopic (exact) mass is 280 g/mol. The minimum atomic E-state index is -0.155. The van der Waals surface area contributed by atoms with Gasteiger partial charge in [-0.15, -0.1) is 0 Å². The fourth-order valence-corrected chi connectivity index (χ4v) is 2.22. The molecule has 0 saturated carbocycles. The standard InChI is InChI=1S/C16H16N4O/c1-17-10-12-5-7-13(8-6-12)19-16(21)14-11-18-20-9-3-2-4-15(14)20/h2-9,11,17H,10H2,1H3,(H,19,21). The highest BCUT2D eigenvalue weighted by Crippen LogP contribution is 2.14.